The van der Waals surface area contributed by atoms with Crippen LogP contribution in [0.4, 0.5) is 13.2 Å². The van der Waals surface area contributed by atoms with Gasteiger partial charge in [0.2, 0.25) is 0 Å². The van der Waals surface area contributed by atoms with E-state index in [9.17, 15) is 18.0 Å². The van der Waals surface area contributed by atoms with Gasteiger partial charge in [0.1, 0.15) is 5.75 Å². The molecular formula is C19H15F3N2O2. The van der Waals surface area contributed by atoms with Crippen molar-refractivity contribution in [2.75, 3.05) is 6.61 Å². The Morgan fingerprint density at radius 1 is 1.04 bits per heavy atom. The van der Waals surface area contributed by atoms with Gasteiger partial charge in [0, 0.05) is 18.1 Å². The van der Waals surface area contributed by atoms with Crippen molar-refractivity contribution >= 4 is 16.8 Å². The molecule has 0 saturated carbocycles. The molecule has 4 nitrogen and oxygen atoms in total. The highest BCUT2D eigenvalue weighted by Crippen LogP contribution is 2.19. The van der Waals surface area contributed by atoms with Crippen molar-refractivity contribution in [2.24, 2.45) is 0 Å². The van der Waals surface area contributed by atoms with Crippen LogP contribution < -0.4 is 10.1 Å². The Balaban J connectivity index is 1.62. The molecule has 1 amide bonds. The molecule has 0 bridgehead atoms. The second-order valence-electron chi connectivity index (χ2n) is 5.61. The second kappa shape index (κ2) is 7.43. The highest BCUT2D eigenvalue weighted by molar-refractivity contribution is 6.05. The summed E-state index contributed by atoms with van der Waals surface area (Å²) in [6.07, 6.45) is -2.75. The lowest BCUT2D eigenvalue weighted by molar-refractivity contribution is -0.153. The van der Waals surface area contributed by atoms with Crippen molar-refractivity contribution in [1.29, 1.82) is 0 Å². The second-order valence-corrected chi connectivity index (χ2v) is 5.61. The number of ether oxygens (including phenoxy) is 1. The molecule has 0 atom stereocenters. The van der Waals surface area contributed by atoms with E-state index in [1.54, 1.807) is 36.5 Å². The minimum atomic E-state index is -4.38. The van der Waals surface area contributed by atoms with Gasteiger partial charge in [-0.3, -0.25) is 9.78 Å². The fraction of sp³-hybridized carbons (Fsp3) is 0.158. The molecule has 3 aromatic rings. The number of fused-ring (bicyclic) bond motifs is 1. The van der Waals surface area contributed by atoms with E-state index < -0.39 is 12.8 Å². The highest BCUT2D eigenvalue weighted by atomic mass is 19.4. The van der Waals surface area contributed by atoms with E-state index in [2.05, 4.69) is 15.0 Å². The lowest BCUT2D eigenvalue weighted by Gasteiger charge is -2.10. The Bertz CT molecular complexity index is 903. The largest absolute Gasteiger partial charge is 0.484 e. The minimum absolute atomic E-state index is 0.121. The maximum atomic E-state index is 12.4. The standard InChI is InChI=1S/C19H15F3N2O2/c20-19(21,22)12-26-15-8-6-13(7-9-15)11-24-18(25)16-5-1-3-14-4-2-10-23-17(14)16/h1-10H,11-12H2,(H,24,25). The molecule has 0 aliphatic rings. The normalized spacial score (nSPS) is 11.3. The number of benzene rings is 2. The van der Waals surface area contributed by atoms with Crippen molar-refractivity contribution in [1.82, 2.24) is 10.3 Å². The highest BCUT2D eigenvalue weighted by Gasteiger charge is 2.28. The number of aromatic nitrogens is 1. The monoisotopic (exact) mass is 360 g/mol. The van der Waals surface area contributed by atoms with Crippen LogP contribution in [0, 0.1) is 0 Å². The van der Waals surface area contributed by atoms with Crippen molar-refractivity contribution < 1.29 is 22.7 Å². The summed E-state index contributed by atoms with van der Waals surface area (Å²) in [6.45, 7) is -1.10. The molecule has 7 heteroatoms. The average Bonchev–Trinajstić information content (AvgIpc) is 2.64. The Labute approximate surface area is 147 Å². The summed E-state index contributed by atoms with van der Waals surface area (Å²) < 4.78 is 41.0. The number of halogens is 3. The quantitative estimate of drug-likeness (QED) is 0.745. The van der Waals surface area contributed by atoms with Gasteiger partial charge in [0.05, 0.1) is 11.1 Å². The summed E-state index contributed by atoms with van der Waals surface area (Å²) in [5.74, 6) is -0.151. The summed E-state index contributed by atoms with van der Waals surface area (Å²) >= 11 is 0. The van der Waals surface area contributed by atoms with Crippen LogP contribution in [-0.4, -0.2) is 23.7 Å². The summed E-state index contributed by atoms with van der Waals surface area (Å²) in [4.78, 5) is 16.7. The van der Waals surface area contributed by atoms with Crippen LogP contribution in [0.3, 0.4) is 0 Å². The van der Waals surface area contributed by atoms with Crippen molar-refractivity contribution in [3.05, 3.63) is 71.9 Å². The maximum Gasteiger partial charge on any atom is 0.422 e. The number of hydrogen-bond donors (Lipinski definition) is 1. The van der Waals surface area contributed by atoms with E-state index in [0.29, 0.717) is 11.1 Å². The van der Waals surface area contributed by atoms with Gasteiger partial charge >= 0.3 is 6.18 Å². The summed E-state index contributed by atoms with van der Waals surface area (Å²) in [5.41, 5.74) is 1.82. The third kappa shape index (κ3) is 4.50. The molecule has 1 heterocycles. The third-order valence-electron chi connectivity index (χ3n) is 3.66. The molecule has 0 aliphatic heterocycles. The number of hydrogen-bond acceptors (Lipinski definition) is 3. The van der Waals surface area contributed by atoms with Gasteiger partial charge in [-0.1, -0.05) is 30.3 Å². The lowest BCUT2D eigenvalue weighted by atomic mass is 10.1. The molecule has 1 N–H and O–H groups in total. The van der Waals surface area contributed by atoms with Crippen LogP contribution in [0.1, 0.15) is 15.9 Å². The predicted molar refractivity (Wildman–Crippen MR) is 90.9 cm³/mol. The molecule has 0 spiro atoms. The molecule has 2 aromatic carbocycles. The van der Waals surface area contributed by atoms with Gasteiger partial charge in [-0.2, -0.15) is 13.2 Å². The van der Waals surface area contributed by atoms with Crippen LogP contribution in [0.25, 0.3) is 10.9 Å². The lowest BCUT2D eigenvalue weighted by Crippen LogP contribution is -2.23. The first-order valence-electron chi connectivity index (χ1n) is 7.83. The third-order valence-corrected chi connectivity index (χ3v) is 3.66. The first-order chi connectivity index (χ1) is 12.4. The summed E-state index contributed by atoms with van der Waals surface area (Å²) in [6, 6.07) is 15.1. The first kappa shape index (κ1) is 17.7. The van der Waals surface area contributed by atoms with E-state index in [1.807, 2.05) is 12.1 Å². The zero-order chi connectivity index (χ0) is 18.6. The Morgan fingerprint density at radius 3 is 2.50 bits per heavy atom. The fourth-order valence-electron chi connectivity index (χ4n) is 2.43. The molecule has 26 heavy (non-hydrogen) atoms. The number of amides is 1. The molecular weight excluding hydrogens is 345 g/mol. The molecule has 0 unspecified atom stereocenters. The van der Waals surface area contributed by atoms with Gasteiger partial charge in [-0.05, 0) is 29.8 Å². The van der Waals surface area contributed by atoms with Gasteiger partial charge in [-0.15, -0.1) is 0 Å². The Hall–Kier alpha value is -3.09. The first-order valence-corrected chi connectivity index (χ1v) is 7.83. The van der Waals surface area contributed by atoms with Gasteiger partial charge < -0.3 is 10.1 Å². The van der Waals surface area contributed by atoms with E-state index >= 15 is 0 Å². The van der Waals surface area contributed by atoms with Crippen LogP contribution >= 0.6 is 0 Å². The van der Waals surface area contributed by atoms with E-state index in [0.717, 1.165) is 10.9 Å². The van der Waals surface area contributed by atoms with Crippen molar-refractivity contribution in [3.8, 4) is 5.75 Å². The van der Waals surface area contributed by atoms with Gasteiger partial charge in [0.15, 0.2) is 6.61 Å². The number of para-hydroxylation sites is 1. The van der Waals surface area contributed by atoms with Crippen LogP contribution in [-0.2, 0) is 6.54 Å². The number of nitrogens with zero attached hydrogens (tertiary/aromatic N) is 1. The zero-order valence-electron chi connectivity index (χ0n) is 13.6. The van der Waals surface area contributed by atoms with Crippen molar-refractivity contribution in [2.45, 2.75) is 12.7 Å². The molecule has 134 valence electrons. The minimum Gasteiger partial charge on any atom is -0.484 e. The number of carbonyl (C=O) groups excluding carboxylic acids is 1. The van der Waals surface area contributed by atoms with Crippen LogP contribution in [0.15, 0.2) is 60.8 Å². The van der Waals surface area contributed by atoms with E-state index in [4.69, 9.17) is 0 Å². The van der Waals surface area contributed by atoms with E-state index in [1.165, 1.54) is 12.1 Å². The fourth-order valence-corrected chi connectivity index (χ4v) is 2.43. The number of pyridine rings is 1. The number of carbonyl (C=O) groups is 1. The molecule has 0 radical (unpaired) electrons. The zero-order valence-corrected chi connectivity index (χ0v) is 13.6. The topological polar surface area (TPSA) is 51.2 Å². The van der Waals surface area contributed by atoms with Crippen LogP contribution in [0.5, 0.6) is 5.75 Å². The number of rotatable bonds is 5. The molecule has 3 rings (SSSR count). The number of alkyl halides is 3. The molecule has 0 saturated heterocycles. The number of nitrogens with one attached hydrogen (secondary N) is 1. The smallest absolute Gasteiger partial charge is 0.422 e. The average molecular weight is 360 g/mol. The Morgan fingerprint density at radius 2 is 1.77 bits per heavy atom. The maximum absolute atomic E-state index is 12.4. The summed E-state index contributed by atoms with van der Waals surface area (Å²) in [5, 5.41) is 3.65. The molecule has 0 fully saturated rings. The van der Waals surface area contributed by atoms with Crippen molar-refractivity contribution in [3.63, 3.8) is 0 Å². The molecule has 1 aromatic heterocycles. The van der Waals surface area contributed by atoms with Gasteiger partial charge in [-0.25, -0.2) is 0 Å². The molecule has 0 aliphatic carbocycles. The van der Waals surface area contributed by atoms with Crippen LogP contribution in [0.2, 0.25) is 0 Å². The Kier molecular flexibility index (Phi) is 5.06. The van der Waals surface area contributed by atoms with E-state index in [-0.39, 0.29) is 18.2 Å². The van der Waals surface area contributed by atoms with Gasteiger partial charge in [0.25, 0.3) is 5.91 Å². The SMILES string of the molecule is O=C(NCc1ccc(OCC(F)(F)F)cc1)c1cccc2cccnc12. The summed E-state index contributed by atoms with van der Waals surface area (Å²) in [7, 11) is 0. The predicted octanol–water partition coefficient (Wildman–Crippen LogP) is 4.11.